The maximum absolute atomic E-state index is 9.62. The van der Waals surface area contributed by atoms with E-state index in [9.17, 15) is 5.11 Å². The van der Waals surface area contributed by atoms with Gasteiger partial charge in [0, 0.05) is 29.2 Å². The molecule has 1 atom stereocenters. The molecule has 0 radical (unpaired) electrons. The fourth-order valence-corrected chi connectivity index (χ4v) is 2.61. The Morgan fingerprint density at radius 1 is 1.41 bits per heavy atom. The summed E-state index contributed by atoms with van der Waals surface area (Å²) in [6.45, 7) is 0.663. The molecule has 3 rings (SSSR count). The lowest BCUT2D eigenvalue weighted by atomic mass is 10.1. The van der Waals surface area contributed by atoms with Gasteiger partial charge in [-0.15, -0.1) is 0 Å². The summed E-state index contributed by atoms with van der Waals surface area (Å²) in [6, 6.07) is 8.12. The van der Waals surface area contributed by atoms with E-state index in [0.717, 1.165) is 34.4 Å². The summed E-state index contributed by atoms with van der Waals surface area (Å²) in [6.07, 6.45) is 3.47. The molecule has 0 saturated carbocycles. The molecule has 1 aromatic carbocycles. The molecule has 1 N–H and O–H groups in total. The van der Waals surface area contributed by atoms with Crippen LogP contribution in [0.4, 0.5) is 0 Å². The zero-order valence-corrected chi connectivity index (χ0v) is 10.9. The monoisotopic (exact) mass is 292 g/mol. The fourth-order valence-electron chi connectivity index (χ4n) is 2.21. The average Bonchev–Trinajstić information content (AvgIpc) is 2.72. The maximum atomic E-state index is 9.62. The molecule has 1 aliphatic heterocycles. The quantitative estimate of drug-likeness (QED) is 0.877. The maximum Gasteiger partial charge on any atom is 0.109 e. The Balaban J connectivity index is 2.00. The molecule has 2 heterocycles. The van der Waals surface area contributed by atoms with E-state index in [1.807, 2.05) is 18.3 Å². The molecular formula is C13H13BrN2O. The van der Waals surface area contributed by atoms with Crippen LogP contribution in [0.25, 0.3) is 11.3 Å². The van der Waals surface area contributed by atoms with Crippen molar-refractivity contribution in [2.45, 2.75) is 25.5 Å². The second-order valence-electron chi connectivity index (χ2n) is 4.40. The van der Waals surface area contributed by atoms with E-state index in [1.165, 1.54) is 0 Å². The largest absolute Gasteiger partial charge is 0.391 e. The first kappa shape index (κ1) is 11.0. The van der Waals surface area contributed by atoms with Crippen LogP contribution in [0.1, 0.15) is 12.2 Å². The predicted octanol–water partition coefficient (Wildman–Crippen LogP) is 2.62. The lowest BCUT2D eigenvalue weighted by Gasteiger charge is -2.18. The van der Waals surface area contributed by atoms with Gasteiger partial charge in [-0.1, -0.05) is 28.1 Å². The minimum Gasteiger partial charge on any atom is -0.391 e. The summed E-state index contributed by atoms with van der Waals surface area (Å²) in [5, 5.41) is 9.62. The molecular weight excluding hydrogens is 280 g/mol. The summed E-state index contributed by atoms with van der Waals surface area (Å²) in [7, 11) is 0. The summed E-state index contributed by atoms with van der Waals surface area (Å²) >= 11 is 3.47. The molecule has 0 bridgehead atoms. The number of fused-ring (bicyclic) bond motifs is 1. The van der Waals surface area contributed by atoms with Gasteiger partial charge in [-0.3, -0.25) is 0 Å². The topological polar surface area (TPSA) is 38.1 Å². The molecule has 3 nitrogen and oxygen atoms in total. The van der Waals surface area contributed by atoms with Gasteiger partial charge in [-0.25, -0.2) is 4.98 Å². The number of hydrogen-bond acceptors (Lipinski definition) is 2. The van der Waals surface area contributed by atoms with E-state index in [1.54, 1.807) is 0 Å². The van der Waals surface area contributed by atoms with Crippen LogP contribution < -0.4 is 0 Å². The predicted molar refractivity (Wildman–Crippen MR) is 69.7 cm³/mol. The number of nitrogens with zero attached hydrogens (tertiary/aromatic N) is 2. The highest BCUT2D eigenvalue weighted by atomic mass is 79.9. The van der Waals surface area contributed by atoms with Crippen LogP contribution in [0.5, 0.6) is 0 Å². The number of aryl methyl sites for hydroxylation is 1. The van der Waals surface area contributed by atoms with E-state index in [0.29, 0.717) is 6.54 Å². The van der Waals surface area contributed by atoms with Crippen LogP contribution in [0.2, 0.25) is 0 Å². The van der Waals surface area contributed by atoms with Gasteiger partial charge < -0.3 is 9.67 Å². The normalized spacial score (nSPS) is 19.1. The Hall–Kier alpha value is -1.13. The van der Waals surface area contributed by atoms with Gasteiger partial charge in [0.2, 0.25) is 0 Å². The van der Waals surface area contributed by atoms with Crippen LogP contribution in [-0.2, 0) is 13.0 Å². The van der Waals surface area contributed by atoms with Crippen molar-refractivity contribution in [1.29, 1.82) is 0 Å². The van der Waals surface area contributed by atoms with E-state index in [4.69, 9.17) is 0 Å². The summed E-state index contributed by atoms with van der Waals surface area (Å²) in [4.78, 5) is 4.63. The Morgan fingerprint density at radius 3 is 3.12 bits per heavy atom. The number of hydrogen-bond donors (Lipinski definition) is 1. The lowest BCUT2D eigenvalue weighted by molar-refractivity contribution is 0.130. The highest BCUT2D eigenvalue weighted by molar-refractivity contribution is 9.10. The minimum atomic E-state index is -0.230. The van der Waals surface area contributed by atoms with Gasteiger partial charge in [-0.05, 0) is 18.6 Å². The molecule has 0 aliphatic carbocycles. The molecule has 17 heavy (non-hydrogen) atoms. The molecule has 2 aromatic rings. The number of benzene rings is 1. The molecule has 4 heteroatoms. The summed E-state index contributed by atoms with van der Waals surface area (Å²) in [5.74, 6) is 1.07. The molecule has 1 unspecified atom stereocenters. The number of aliphatic hydroxyl groups is 1. The number of imidazole rings is 1. The van der Waals surface area contributed by atoms with Crippen LogP contribution in [0.15, 0.2) is 34.9 Å². The van der Waals surface area contributed by atoms with Crippen LogP contribution >= 0.6 is 15.9 Å². The van der Waals surface area contributed by atoms with E-state index in [-0.39, 0.29) is 6.10 Å². The third kappa shape index (κ3) is 2.15. The van der Waals surface area contributed by atoms with Crippen LogP contribution in [-0.4, -0.2) is 20.8 Å². The highest BCUT2D eigenvalue weighted by Crippen LogP contribution is 2.24. The summed E-state index contributed by atoms with van der Waals surface area (Å²) in [5.41, 5.74) is 2.09. The van der Waals surface area contributed by atoms with Crippen molar-refractivity contribution >= 4 is 15.9 Å². The molecule has 1 aliphatic rings. The van der Waals surface area contributed by atoms with E-state index in [2.05, 4.69) is 37.6 Å². The second-order valence-corrected chi connectivity index (χ2v) is 5.31. The average molecular weight is 293 g/mol. The van der Waals surface area contributed by atoms with Crippen molar-refractivity contribution in [3.63, 3.8) is 0 Å². The van der Waals surface area contributed by atoms with Crippen molar-refractivity contribution in [2.24, 2.45) is 0 Å². The zero-order valence-electron chi connectivity index (χ0n) is 9.31. The fraction of sp³-hybridized carbons (Fsp3) is 0.308. The van der Waals surface area contributed by atoms with Crippen molar-refractivity contribution in [3.8, 4) is 11.3 Å². The molecule has 88 valence electrons. The molecule has 0 fully saturated rings. The van der Waals surface area contributed by atoms with Gasteiger partial charge in [0.1, 0.15) is 5.82 Å². The SMILES string of the molecule is OC1CCc2nc(-c3cccc(Br)c3)cn2C1. The lowest BCUT2D eigenvalue weighted by Crippen LogP contribution is -2.23. The Bertz CT molecular complexity index is 550. The first-order valence-electron chi connectivity index (χ1n) is 5.72. The van der Waals surface area contributed by atoms with Crippen molar-refractivity contribution in [3.05, 3.63) is 40.8 Å². The van der Waals surface area contributed by atoms with Gasteiger partial charge in [0.05, 0.1) is 11.8 Å². The second kappa shape index (κ2) is 4.27. The first-order valence-corrected chi connectivity index (χ1v) is 6.52. The first-order chi connectivity index (χ1) is 8.22. The summed E-state index contributed by atoms with van der Waals surface area (Å²) < 4.78 is 3.12. The molecule has 0 spiro atoms. The zero-order chi connectivity index (χ0) is 11.8. The number of aliphatic hydroxyl groups excluding tert-OH is 1. The van der Waals surface area contributed by atoms with Crippen molar-refractivity contribution in [1.82, 2.24) is 9.55 Å². The van der Waals surface area contributed by atoms with Gasteiger partial charge >= 0.3 is 0 Å². The van der Waals surface area contributed by atoms with E-state index >= 15 is 0 Å². The molecule has 0 amide bonds. The van der Waals surface area contributed by atoms with Crippen molar-refractivity contribution in [2.75, 3.05) is 0 Å². The number of rotatable bonds is 1. The highest BCUT2D eigenvalue weighted by Gasteiger charge is 2.18. The molecule has 1 aromatic heterocycles. The number of aromatic nitrogens is 2. The van der Waals surface area contributed by atoms with Gasteiger partial charge in [0.15, 0.2) is 0 Å². The van der Waals surface area contributed by atoms with Gasteiger partial charge in [-0.2, -0.15) is 0 Å². The molecule has 0 saturated heterocycles. The Kier molecular flexibility index (Phi) is 2.76. The third-order valence-corrected chi connectivity index (χ3v) is 3.58. The van der Waals surface area contributed by atoms with Crippen LogP contribution in [0.3, 0.4) is 0 Å². The third-order valence-electron chi connectivity index (χ3n) is 3.09. The minimum absolute atomic E-state index is 0.230. The van der Waals surface area contributed by atoms with Crippen LogP contribution in [0, 0.1) is 0 Å². The Labute approximate surface area is 108 Å². The smallest absolute Gasteiger partial charge is 0.109 e. The van der Waals surface area contributed by atoms with Gasteiger partial charge in [0.25, 0.3) is 0 Å². The van der Waals surface area contributed by atoms with E-state index < -0.39 is 0 Å². The van der Waals surface area contributed by atoms with Crippen molar-refractivity contribution < 1.29 is 5.11 Å². The number of halogens is 1. The Morgan fingerprint density at radius 2 is 2.29 bits per heavy atom. The standard InChI is InChI=1S/C13H13BrN2O/c14-10-3-1-2-9(6-10)12-8-16-7-11(17)4-5-13(16)15-12/h1-3,6,8,11,17H,4-5,7H2.